The van der Waals surface area contributed by atoms with Gasteiger partial charge in [-0.2, -0.15) is 11.8 Å². The van der Waals surface area contributed by atoms with E-state index < -0.39 is 10.0 Å². The van der Waals surface area contributed by atoms with Crippen LogP contribution in [0, 0.1) is 0 Å². The minimum atomic E-state index is -3.58. The molecule has 1 fully saturated rings. The fraction of sp³-hybridized carbons (Fsp3) is 0.615. The monoisotopic (exact) mass is 393 g/mol. The highest BCUT2D eigenvalue weighted by molar-refractivity contribution is 9.10. The Morgan fingerprint density at radius 1 is 1.52 bits per heavy atom. The van der Waals surface area contributed by atoms with Crippen molar-refractivity contribution in [3.8, 4) is 0 Å². The number of thioether (sulfide) groups is 1. The number of rotatable bonds is 6. The van der Waals surface area contributed by atoms with Gasteiger partial charge in [-0.05, 0) is 54.4 Å². The Labute approximate surface area is 138 Å². The average molecular weight is 394 g/mol. The van der Waals surface area contributed by atoms with Crippen molar-refractivity contribution in [3.63, 3.8) is 0 Å². The van der Waals surface area contributed by atoms with Gasteiger partial charge in [0.15, 0.2) is 0 Å². The second kappa shape index (κ2) is 6.85. The van der Waals surface area contributed by atoms with E-state index in [1.807, 2.05) is 18.7 Å². The number of sulfonamides is 1. The Hall–Kier alpha value is -0.310. The molecule has 0 bridgehead atoms. The van der Waals surface area contributed by atoms with Gasteiger partial charge in [-0.1, -0.05) is 0 Å². The number of hydrogen-bond donors (Lipinski definition) is 2. The maximum absolute atomic E-state index is 12.6. The van der Waals surface area contributed by atoms with Crippen molar-refractivity contribution >= 4 is 43.5 Å². The summed E-state index contributed by atoms with van der Waals surface area (Å²) in [6.07, 6.45) is 3.77. The van der Waals surface area contributed by atoms with Gasteiger partial charge in [0, 0.05) is 28.5 Å². The summed E-state index contributed by atoms with van der Waals surface area (Å²) in [6.45, 7) is 5.07. The maximum atomic E-state index is 12.6. The van der Waals surface area contributed by atoms with Gasteiger partial charge in [0.1, 0.15) is 10.7 Å². The fourth-order valence-corrected chi connectivity index (χ4v) is 5.37. The highest BCUT2D eigenvalue weighted by atomic mass is 79.9. The summed E-state index contributed by atoms with van der Waals surface area (Å²) < 4.78 is 28.5. The first-order chi connectivity index (χ1) is 9.86. The number of anilines is 1. The molecule has 0 radical (unpaired) electrons. The lowest BCUT2D eigenvalue weighted by Crippen LogP contribution is -2.37. The van der Waals surface area contributed by atoms with E-state index in [1.54, 1.807) is 12.3 Å². The zero-order valence-electron chi connectivity index (χ0n) is 12.1. The van der Waals surface area contributed by atoms with Gasteiger partial charge in [0.05, 0.1) is 0 Å². The van der Waals surface area contributed by atoms with E-state index in [0.717, 1.165) is 18.6 Å². The molecule has 1 aliphatic rings. The lowest BCUT2D eigenvalue weighted by molar-refractivity contribution is 0.552. The molecular weight excluding hydrogens is 374 g/mol. The topological polar surface area (TPSA) is 71.1 Å². The van der Waals surface area contributed by atoms with E-state index in [0.29, 0.717) is 23.4 Å². The summed E-state index contributed by atoms with van der Waals surface area (Å²) in [5.74, 6) is 1.48. The third kappa shape index (κ3) is 4.34. The summed E-state index contributed by atoms with van der Waals surface area (Å²) in [5, 5.41) is 2.99. The SMILES string of the molecule is CCNc1ncc(Br)cc1S(=O)(=O)NCC1(C)CCCS1. The number of nitrogens with zero attached hydrogens (tertiary/aromatic N) is 1. The standard InChI is InChI=1S/C13H20BrN3O2S2/c1-3-15-12-11(7-10(14)8-16-12)21(18,19)17-9-13(2)5-4-6-20-13/h7-8,17H,3-6,9H2,1-2H3,(H,15,16). The van der Waals surface area contributed by atoms with Crippen LogP contribution in [0.5, 0.6) is 0 Å². The quantitative estimate of drug-likeness (QED) is 0.777. The predicted octanol–water partition coefficient (Wildman–Crippen LogP) is 2.84. The van der Waals surface area contributed by atoms with Crippen molar-refractivity contribution in [1.29, 1.82) is 0 Å². The Morgan fingerprint density at radius 2 is 2.29 bits per heavy atom. The molecular formula is C13H20BrN3O2S2. The summed E-state index contributed by atoms with van der Waals surface area (Å²) in [4.78, 5) is 4.33. The van der Waals surface area contributed by atoms with Crippen LogP contribution in [-0.4, -0.2) is 37.0 Å². The highest BCUT2D eigenvalue weighted by Crippen LogP contribution is 2.37. The molecule has 2 rings (SSSR count). The Bertz CT molecular complexity index is 601. The number of halogens is 1. The minimum absolute atomic E-state index is 0.00907. The van der Waals surface area contributed by atoms with Crippen LogP contribution in [0.3, 0.4) is 0 Å². The lowest BCUT2D eigenvalue weighted by atomic mass is 10.1. The van der Waals surface area contributed by atoms with Gasteiger partial charge >= 0.3 is 0 Å². The molecule has 0 spiro atoms. The molecule has 2 N–H and O–H groups in total. The minimum Gasteiger partial charge on any atom is -0.369 e. The molecule has 0 aliphatic carbocycles. The van der Waals surface area contributed by atoms with Crippen molar-refractivity contribution in [2.24, 2.45) is 0 Å². The Kier molecular flexibility index (Phi) is 5.56. The molecule has 0 amide bonds. The highest BCUT2D eigenvalue weighted by Gasteiger charge is 2.31. The zero-order valence-corrected chi connectivity index (χ0v) is 15.4. The van der Waals surface area contributed by atoms with Gasteiger partial charge in [-0.25, -0.2) is 18.1 Å². The van der Waals surface area contributed by atoms with Crippen molar-refractivity contribution in [3.05, 3.63) is 16.7 Å². The normalized spacial score (nSPS) is 22.4. The molecule has 8 heteroatoms. The third-order valence-corrected chi connectivity index (χ3v) is 6.78. The van der Waals surface area contributed by atoms with Crippen molar-refractivity contribution < 1.29 is 8.42 Å². The van der Waals surface area contributed by atoms with Crippen LogP contribution in [0.15, 0.2) is 21.6 Å². The van der Waals surface area contributed by atoms with Gasteiger partial charge in [0.25, 0.3) is 0 Å². The summed E-state index contributed by atoms with van der Waals surface area (Å²) in [6, 6.07) is 1.58. The van der Waals surface area contributed by atoms with E-state index >= 15 is 0 Å². The van der Waals surface area contributed by atoms with Crippen LogP contribution in [0.25, 0.3) is 0 Å². The molecule has 0 saturated carbocycles. The summed E-state index contributed by atoms with van der Waals surface area (Å²) in [5.41, 5.74) is 0. The Morgan fingerprint density at radius 3 is 2.90 bits per heavy atom. The van der Waals surface area contributed by atoms with E-state index in [9.17, 15) is 8.42 Å². The number of hydrogen-bond acceptors (Lipinski definition) is 5. The molecule has 1 atom stereocenters. The number of nitrogens with one attached hydrogen (secondary N) is 2. The molecule has 118 valence electrons. The van der Waals surface area contributed by atoms with Crippen LogP contribution >= 0.6 is 27.7 Å². The van der Waals surface area contributed by atoms with Crippen LogP contribution < -0.4 is 10.0 Å². The molecule has 1 aromatic rings. The molecule has 1 saturated heterocycles. The van der Waals surface area contributed by atoms with Gasteiger partial charge in [-0.3, -0.25) is 0 Å². The van der Waals surface area contributed by atoms with E-state index in [4.69, 9.17) is 0 Å². The van der Waals surface area contributed by atoms with Crippen molar-refractivity contribution in [2.45, 2.75) is 36.3 Å². The second-order valence-electron chi connectivity index (χ2n) is 5.26. The maximum Gasteiger partial charge on any atom is 0.244 e. The summed E-state index contributed by atoms with van der Waals surface area (Å²) >= 11 is 5.11. The average Bonchev–Trinajstić information content (AvgIpc) is 2.87. The molecule has 1 aliphatic heterocycles. The number of pyridine rings is 1. The molecule has 5 nitrogen and oxygen atoms in total. The van der Waals surface area contributed by atoms with Gasteiger partial charge < -0.3 is 5.32 Å². The largest absolute Gasteiger partial charge is 0.369 e. The van der Waals surface area contributed by atoms with Crippen molar-refractivity contribution in [2.75, 3.05) is 24.2 Å². The molecule has 1 unspecified atom stereocenters. The second-order valence-corrected chi connectivity index (χ2v) is 9.59. The molecule has 1 aromatic heterocycles. The third-order valence-electron chi connectivity index (χ3n) is 3.39. The van der Waals surface area contributed by atoms with Crippen molar-refractivity contribution in [1.82, 2.24) is 9.71 Å². The summed E-state index contributed by atoms with van der Waals surface area (Å²) in [7, 11) is -3.58. The molecule has 0 aromatic carbocycles. The van der Waals surface area contributed by atoms with Crippen LogP contribution in [0.1, 0.15) is 26.7 Å². The smallest absolute Gasteiger partial charge is 0.244 e. The van der Waals surface area contributed by atoms with Crippen LogP contribution in [0.4, 0.5) is 5.82 Å². The molecule has 21 heavy (non-hydrogen) atoms. The first-order valence-corrected chi connectivity index (χ1v) is 10.2. The predicted molar refractivity (Wildman–Crippen MR) is 91.4 cm³/mol. The van der Waals surface area contributed by atoms with E-state index in [-0.39, 0.29) is 9.64 Å². The Balaban J connectivity index is 2.20. The lowest BCUT2D eigenvalue weighted by Gasteiger charge is -2.23. The van der Waals surface area contributed by atoms with E-state index in [2.05, 4.69) is 37.9 Å². The van der Waals surface area contributed by atoms with Gasteiger partial charge in [0.2, 0.25) is 10.0 Å². The first kappa shape index (κ1) is 17.1. The van der Waals surface area contributed by atoms with Crippen LogP contribution in [-0.2, 0) is 10.0 Å². The first-order valence-electron chi connectivity index (χ1n) is 6.89. The molecule has 2 heterocycles. The fourth-order valence-electron chi connectivity index (χ4n) is 2.23. The van der Waals surface area contributed by atoms with Crippen LogP contribution in [0.2, 0.25) is 0 Å². The van der Waals surface area contributed by atoms with E-state index in [1.165, 1.54) is 0 Å². The zero-order chi connectivity index (χ0) is 15.5. The van der Waals surface area contributed by atoms with Gasteiger partial charge in [-0.15, -0.1) is 0 Å². The number of aromatic nitrogens is 1.